The molecule has 554 valence electrons. The van der Waals surface area contributed by atoms with Crippen LogP contribution in [0.15, 0.2) is 161 Å². The molecule has 0 saturated heterocycles. The average Bonchev–Trinajstić information content (AvgIpc) is 1.60. The van der Waals surface area contributed by atoms with E-state index >= 15 is 0 Å². The number of nitrogens with two attached hydrogens (primary N) is 2. The zero-order valence-corrected chi connectivity index (χ0v) is 76.0. The molecule has 0 unspecified atom stereocenters. The molecule has 0 bridgehead atoms. The van der Waals surface area contributed by atoms with E-state index in [2.05, 4.69) is 307 Å². The van der Waals surface area contributed by atoms with Crippen LogP contribution in [0, 0.1) is 0 Å². The van der Waals surface area contributed by atoms with Crippen molar-refractivity contribution >= 4 is 136 Å². The van der Waals surface area contributed by atoms with Crippen LogP contribution in [0.25, 0.3) is 82.9 Å². The molecule has 0 spiro atoms. The topological polar surface area (TPSA) is 194 Å². The summed E-state index contributed by atoms with van der Waals surface area (Å²) in [5.41, 5.74) is 26.4. The summed E-state index contributed by atoms with van der Waals surface area (Å²) in [5, 5.41) is 17.4. The summed E-state index contributed by atoms with van der Waals surface area (Å²) in [4.78, 5) is 39.9. The molecule has 1 fully saturated rings. The van der Waals surface area contributed by atoms with Gasteiger partial charge in [0.1, 0.15) is 14.7 Å². The van der Waals surface area contributed by atoms with E-state index in [9.17, 15) is 0 Å². The van der Waals surface area contributed by atoms with Gasteiger partial charge in [-0.15, -0.1) is 0 Å². The van der Waals surface area contributed by atoms with Crippen LogP contribution in [0.1, 0.15) is 207 Å². The summed E-state index contributed by atoms with van der Waals surface area (Å²) in [7, 11) is 0. The number of hydrogen-bond donors (Lipinski definition) is 2. The van der Waals surface area contributed by atoms with Crippen molar-refractivity contribution in [3.63, 3.8) is 0 Å². The predicted octanol–water partition coefficient (Wildman–Crippen LogP) is 16.3. The Bertz CT molecular complexity index is 4370. The third-order valence-corrected chi connectivity index (χ3v) is 19.4. The van der Waals surface area contributed by atoms with Crippen molar-refractivity contribution in [1.82, 2.24) is 43.6 Å². The Labute approximate surface area is 747 Å². The van der Waals surface area contributed by atoms with Gasteiger partial charge in [0.2, 0.25) is 0 Å². The first-order chi connectivity index (χ1) is 46.5. The van der Waals surface area contributed by atoms with E-state index in [4.69, 9.17) is 41.5 Å². The maximum atomic E-state index is 8.64. The maximum Gasteiger partial charge on any atom is 1.00 e. The maximum absolute atomic E-state index is 8.64. The Kier molecular flexibility index (Phi) is 36.5. The summed E-state index contributed by atoms with van der Waals surface area (Å²) in [5.74, 6) is 4.21. The zero-order valence-electron chi connectivity index (χ0n) is 63.7. The normalized spacial score (nSPS) is 13.8. The van der Waals surface area contributed by atoms with Gasteiger partial charge in [-0.2, -0.15) is 0 Å². The SMILES string of the molecule is C.C.C.CBr.CC(C)(C)c1ccc2c(c1)c1cc(C(C)(C)C)ccc1n2-c1cnc(Br)cn1.CC(C)(C)c1ccc2c(c1)c1cc(C(C)(C)C)ccc1n2-c1cnc(Sc2cnc(-n3c4ccc(C(C)(C)C)cc4c4cc(C(C)(C)C)ccc43)cn2)cn1.N[C@@H]1CCCC[C@H]1N.O=CO[O-].[Cu][I].[H-].[K+].[K+]. The number of hydrogen-bond acceptors (Lipinski definition) is 12. The predicted molar refractivity (Wildman–Crippen MR) is 445 cm³/mol. The van der Waals surface area contributed by atoms with Gasteiger partial charge in [-0.25, -0.2) is 29.9 Å². The Morgan fingerprint density at radius 2 is 0.644 bits per heavy atom. The van der Waals surface area contributed by atoms with Gasteiger partial charge in [-0.1, -0.05) is 212 Å². The molecule has 4 N–H and O–H groups in total. The number of rotatable bonds is 6. The van der Waals surface area contributed by atoms with E-state index in [-0.39, 0.29) is 178 Å². The van der Waals surface area contributed by atoms with Gasteiger partial charge in [-0.3, -0.25) is 18.5 Å². The van der Waals surface area contributed by atoms with Crippen LogP contribution in [0.5, 0.6) is 0 Å². The molecule has 6 heterocycles. The van der Waals surface area contributed by atoms with Gasteiger partial charge in [-0.05, 0) is 185 Å². The average molecular weight is 1770 g/mol. The Morgan fingerprint density at radius 1 is 0.433 bits per heavy atom. The van der Waals surface area contributed by atoms with Crippen LogP contribution in [0.3, 0.4) is 0 Å². The molecule has 12 aromatic rings. The molecule has 6 aromatic heterocycles. The quantitative estimate of drug-likeness (QED) is 0.0400. The molecule has 21 heteroatoms. The first kappa shape index (κ1) is 95.3. The molecule has 2 atom stereocenters. The van der Waals surface area contributed by atoms with Crippen LogP contribution < -0.4 is 119 Å². The second kappa shape index (κ2) is 39.9. The number of aromatic nitrogens is 9. The fraction of sp³-hybridized carbons (Fsp3) is 0.410. The van der Waals surface area contributed by atoms with Crippen molar-refractivity contribution in [2.45, 2.75) is 227 Å². The second-order valence-electron chi connectivity index (χ2n) is 31.4. The Balaban J connectivity index is 0.000000627. The number of carbonyl (C=O) groups is 1. The number of halogens is 3. The molecular weight excluding hydrogens is 1660 g/mol. The van der Waals surface area contributed by atoms with E-state index in [1.165, 1.54) is 90.3 Å². The van der Waals surface area contributed by atoms with Gasteiger partial charge in [0.05, 0.1) is 70.3 Å². The second-order valence-corrected chi connectivity index (χ2v) is 33.3. The van der Waals surface area contributed by atoms with Crippen molar-refractivity contribution in [3.05, 3.63) is 184 Å². The minimum absolute atomic E-state index is 0. The Hall–Kier alpha value is -2.86. The number of nitrogens with zero attached hydrogens (tertiary/aromatic N) is 9. The number of fused-ring (bicyclic) bond motifs is 9. The van der Waals surface area contributed by atoms with Gasteiger partial charge in [0.25, 0.3) is 6.47 Å². The zero-order chi connectivity index (χ0) is 72.9. The van der Waals surface area contributed by atoms with E-state index in [1.54, 1.807) is 26.5 Å². The van der Waals surface area contributed by atoms with Crippen molar-refractivity contribution in [2.24, 2.45) is 11.5 Å². The summed E-state index contributed by atoms with van der Waals surface area (Å²) in [6.07, 6.45) is 15.8. The van der Waals surface area contributed by atoms with Crippen LogP contribution >= 0.6 is 64.0 Å². The summed E-state index contributed by atoms with van der Waals surface area (Å²) in [6, 6.07) is 41.5. The largest absolute Gasteiger partial charge is 1.00 e. The number of benzene rings is 6. The molecular formula is C83H109Br2CuIK2N11O3S. The van der Waals surface area contributed by atoms with Gasteiger partial charge in [0.15, 0.2) is 17.5 Å². The third-order valence-electron chi connectivity index (χ3n) is 18.1. The summed E-state index contributed by atoms with van der Waals surface area (Å²) in [6.45, 7) is 40.6. The standard InChI is InChI=1S/C48H52N6S.C24H26BrN3.C6H14N2.CH3Br.CH2O3.3CH4.Cu.HI.2K.H/c1-45(2,3)29-13-17-37-33(21-29)34-22-30(46(4,5)6)14-18-38(34)53(37)41-25-51-43(27-49-41)55-44-28-50-42(26-52-44)54-39-19-15-31(47(7,8)9)23-35(39)36-24-32(48(10,11)12)16-20-40(36)54;1-23(2,3)15-7-9-19-17(11-15)18-12-16(24(4,5)6)8-10-20(18)28(19)22-14-26-21(25)13-27-22;7-5-3-1-2-4-6(5)8;1-2;2-1-4-3;;;;;;;;/h13-28H,1-12H3;7-14H,1-6H3;5-6H,1-4,7-8H2;1H3;1,3H;3*1H4;;1H;;;/q;;;;;;;;+1;;2*+1;-1/p-2/t;;5-,6-;;;;;;;;;;/m..1........../s1. The third kappa shape index (κ3) is 22.7. The monoisotopic (exact) mass is 1770 g/mol. The number of carbonyl (C=O) groups excluding carboxylic acids is 1. The molecule has 14 nitrogen and oxygen atoms in total. The van der Waals surface area contributed by atoms with E-state index in [1.807, 2.05) is 36.8 Å². The van der Waals surface area contributed by atoms with Crippen molar-refractivity contribution in [2.75, 3.05) is 5.83 Å². The molecule has 1 aliphatic rings. The van der Waals surface area contributed by atoms with E-state index in [0.29, 0.717) is 0 Å². The fourth-order valence-corrected chi connectivity index (χ4v) is 13.1. The van der Waals surface area contributed by atoms with Gasteiger partial charge >= 0.3 is 136 Å². The molecule has 0 aliphatic heterocycles. The first-order valence-electron chi connectivity index (χ1n) is 33.4. The molecule has 6 aromatic carbocycles. The van der Waals surface area contributed by atoms with Crippen LogP contribution in [0.2, 0.25) is 0 Å². The number of alkyl halides is 1. The smallest absolute Gasteiger partial charge is 1.00 e. The van der Waals surface area contributed by atoms with Gasteiger partial charge < -0.3 is 23.0 Å². The van der Waals surface area contributed by atoms with E-state index < -0.39 is 0 Å². The van der Waals surface area contributed by atoms with Crippen LogP contribution in [0.4, 0.5) is 0 Å². The van der Waals surface area contributed by atoms with Crippen molar-refractivity contribution in [1.29, 1.82) is 0 Å². The minimum atomic E-state index is -0.181. The summed E-state index contributed by atoms with van der Waals surface area (Å²) >= 11 is 13.7. The fourth-order valence-electron chi connectivity index (χ4n) is 12.3. The first-order valence-corrected chi connectivity index (χ1v) is 39.6. The van der Waals surface area contributed by atoms with Crippen molar-refractivity contribution < 1.29 is 132 Å². The Morgan fingerprint density at radius 3 is 0.808 bits per heavy atom. The van der Waals surface area contributed by atoms with E-state index in [0.717, 1.165) is 78.1 Å². The molecule has 13 rings (SSSR count). The minimum Gasteiger partial charge on any atom is -1.00 e. The summed E-state index contributed by atoms with van der Waals surface area (Å²) < 4.78 is 7.42. The van der Waals surface area contributed by atoms with Crippen LogP contribution in [-0.2, 0) is 54.9 Å². The van der Waals surface area contributed by atoms with Crippen LogP contribution in [-0.4, -0.2) is 68.0 Å². The molecule has 1 aliphatic carbocycles. The molecule has 104 heavy (non-hydrogen) atoms. The van der Waals surface area contributed by atoms with Gasteiger partial charge in [0, 0.05) is 44.4 Å². The molecule has 0 amide bonds. The molecule has 1 saturated carbocycles. The van der Waals surface area contributed by atoms with Crippen molar-refractivity contribution in [3.8, 4) is 17.5 Å². The molecule has 0 radical (unpaired) electrons.